The monoisotopic (exact) mass is 254 g/mol. The lowest BCUT2D eigenvalue weighted by molar-refractivity contribution is -0.700. The van der Waals surface area contributed by atoms with E-state index in [1.807, 2.05) is 42.5 Å². The molecule has 1 heterocycles. The highest BCUT2D eigenvalue weighted by molar-refractivity contribution is 5.88. The molecule has 0 spiro atoms. The van der Waals surface area contributed by atoms with Gasteiger partial charge in [0, 0.05) is 11.5 Å². The molecule has 0 bridgehead atoms. The minimum Gasteiger partial charge on any atom is -0.456 e. The van der Waals surface area contributed by atoms with Gasteiger partial charge in [-0.3, -0.25) is 0 Å². The third-order valence-corrected chi connectivity index (χ3v) is 3.04. The van der Waals surface area contributed by atoms with Crippen molar-refractivity contribution in [2.75, 3.05) is 0 Å². The maximum absolute atomic E-state index is 13.5. The van der Waals surface area contributed by atoms with Crippen LogP contribution >= 0.6 is 0 Å². The van der Waals surface area contributed by atoms with Gasteiger partial charge in [0.2, 0.25) is 0 Å². The second-order valence-electron chi connectivity index (χ2n) is 4.38. The summed E-state index contributed by atoms with van der Waals surface area (Å²) in [5.41, 5.74) is 0. The summed E-state index contributed by atoms with van der Waals surface area (Å²) in [7, 11) is 1.65. The summed E-state index contributed by atoms with van der Waals surface area (Å²) < 4.78 is 20.7. The van der Waals surface area contributed by atoms with Crippen LogP contribution in [0.2, 0.25) is 0 Å². The average Bonchev–Trinajstić information content (AvgIpc) is 2.43. The first kappa shape index (κ1) is 11.7. The van der Waals surface area contributed by atoms with Gasteiger partial charge in [0.25, 0.3) is 0 Å². The molecule has 0 aliphatic heterocycles. The molecule has 94 valence electrons. The van der Waals surface area contributed by atoms with Crippen LogP contribution in [0.3, 0.4) is 0 Å². The van der Waals surface area contributed by atoms with E-state index in [1.54, 1.807) is 19.3 Å². The number of aromatic nitrogens is 1. The zero-order chi connectivity index (χ0) is 13.2. The summed E-state index contributed by atoms with van der Waals surface area (Å²) in [5.74, 6) is 0.885. The van der Waals surface area contributed by atoms with Crippen molar-refractivity contribution in [2.24, 2.45) is 7.05 Å². The van der Waals surface area contributed by atoms with Gasteiger partial charge in [0.05, 0.1) is 6.07 Å². The Kier molecular flexibility index (Phi) is 2.88. The van der Waals surface area contributed by atoms with Gasteiger partial charge in [0.1, 0.15) is 18.5 Å². The largest absolute Gasteiger partial charge is 0.456 e. The van der Waals surface area contributed by atoms with Crippen LogP contribution in [-0.2, 0) is 7.05 Å². The van der Waals surface area contributed by atoms with Gasteiger partial charge in [-0.2, -0.15) is 4.57 Å². The van der Waals surface area contributed by atoms with Gasteiger partial charge < -0.3 is 4.74 Å². The lowest BCUT2D eigenvalue weighted by Gasteiger charge is -2.08. The number of aryl methyl sites for hydroxylation is 1. The minimum absolute atomic E-state index is 0.335. The molecular formula is C16H13FNO+. The molecule has 0 amide bonds. The van der Waals surface area contributed by atoms with Crippen LogP contribution in [0.4, 0.5) is 4.39 Å². The first-order chi connectivity index (χ1) is 9.24. The van der Waals surface area contributed by atoms with E-state index in [2.05, 4.69) is 0 Å². The molecule has 0 aliphatic carbocycles. The second kappa shape index (κ2) is 4.69. The normalized spacial score (nSPS) is 10.6. The fourth-order valence-electron chi connectivity index (χ4n) is 2.00. The van der Waals surface area contributed by atoms with E-state index in [0.717, 1.165) is 16.5 Å². The summed E-state index contributed by atoms with van der Waals surface area (Å²) in [4.78, 5) is 0. The van der Waals surface area contributed by atoms with E-state index in [0.29, 0.717) is 5.75 Å². The van der Waals surface area contributed by atoms with Crippen LogP contribution in [0.5, 0.6) is 11.5 Å². The molecule has 3 aromatic rings. The van der Waals surface area contributed by atoms with Crippen molar-refractivity contribution < 1.29 is 13.7 Å². The first-order valence-electron chi connectivity index (χ1n) is 6.05. The van der Waals surface area contributed by atoms with E-state index in [9.17, 15) is 4.39 Å². The van der Waals surface area contributed by atoms with Gasteiger partial charge in [0.15, 0.2) is 6.20 Å². The molecule has 2 aromatic carbocycles. The van der Waals surface area contributed by atoms with Crippen LogP contribution in [-0.4, -0.2) is 0 Å². The molecule has 0 unspecified atom stereocenters. The molecule has 19 heavy (non-hydrogen) atoms. The number of pyridine rings is 1. The molecule has 0 saturated carbocycles. The minimum atomic E-state index is -0.335. The summed E-state index contributed by atoms with van der Waals surface area (Å²) >= 11 is 0. The van der Waals surface area contributed by atoms with Gasteiger partial charge in [-0.25, -0.2) is 0 Å². The fourth-order valence-corrected chi connectivity index (χ4v) is 2.00. The highest BCUT2D eigenvalue weighted by Gasteiger charge is 2.09. The van der Waals surface area contributed by atoms with Crippen LogP contribution in [0.15, 0.2) is 60.8 Å². The number of nitrogens with zero attached hydrogens (tertiary/aromatic N) is 1. The predicted octanol–water partition coefficient (Wildman–Crippen LogP) is 3.60. The van der Waals surface area contributed by atoms with Crippen molar-refractivity contribution in [2.45, 2.75) is 0 Å². The van der Waals surface area contributed by atoms with Crippen molar-refractivity contribution in [3.05, 3.63) is 66.7 Å². The number of benzene rings is 2. The Hall–Kier alpha value is -2.42. The summed E-state index contributed by atoms with van der Waals surface area (Å²) in [6.07, 6.45) is 1.63. The Labute approximate surface area is 110 Å². The Balaban J connectivity index is 2.03. The maximum atomic E-state index is 13.5. The van der Waals surface area contributed by atoms with Gasteiger partial charge >= 0.3 is 5.95 Å². The Morgan fingerprint density at radius 2 is 1.79 bits per heavy atom. The van der Waals surface area contributed by atoms with Gasteiger partial charge in [-0.05, 0) is 11.5 Å². The maximum Gasteiger partial charge on any atom is 0.363 e. The molecule has 1 aromatic heterocycles. The van der Waals surface area contributed by atoms with Crippen LogP contribution in [0.25, 0.3) is 10.8 Å². The van der Waals surface area contributed by atoms with Gasteiger partial charge in [-0.1, -0.05) is 36.4 Å². The lowest BCUT2D eigenvalue weighted by atomic mass is 10.1. The van der Waals surface area contributed by atoms with Crippen molar-refractivity contribution in [1.82, 2.24) is 0 Å². The zero-order valence-electron chi connectivity index (χ0n) is 10.5. The highest BCUT2D eigenvalue weighted by atomic mass is 19.1. The molecule has 2 nitrogen and oxygen atoms in total. The van der Waals surface area contributed by atoms with Crippen molar-refractivity contribution >= 4 is 10.8 Å². The van der Waals surface area contributed by atoms with E-state index in [1.165, 1.54) is 10.6 Å². The molecule has 3 heteroatoms. The topological polar surface area (TPSA) is 13.1 Å². The third-order valence-electron chi connectivity index (χ3n) is 3.04. The second-order valence-corrected chi connectivity index (χ2v) is 4.38. The number of ether oxygens (including phenoxy) is 1. The van der Waals surface area contributed by atoms with Crippen molar-refractivity contribution in [3.8, 4) is 11.5 Å². The summed E-state index contributed by atoms with van der Waals surface area (Å²) in [6, 6.07) is 16.9. The van der Waals surface area contributed by atoms with E-state index >= 15 is 0 Å². The molecule has 0 fully saturated rings. The van der Waals surface area contributed by atoms with Crippen LogP contribution < -0.4 is 9.30 Å². The third kappa shape index (κ3) is 2.27. The molecule has 0 atom stereocenters. The fraction of sp³-hybridized carbons (Fsp3) is 0.0625. The van der Waals surface area contributed by atoms with E-state index in [4.69, 9.17) is 4.74 Å². The number of hydrogen-bond acceptors (Lipinski definition) is 1. The van der Waals surface area contributed by atoms with E-state index in [-0.39, 0.29) is 5.95 Å². The Bertz CT molecular complexity index is 734. The van der Waals surface area contributed by atoms with Crippen molar-refractivity contribution in [3.63, 3.8) is 0 Å². The standard InChI is InChI=1S/C16H13FNO/c1-18-10-9-13(11-16(18)17)19-15-8-4-6-12-5-2-3-7-14(12)15/h2-11H,1H3/q+1. The Morgan fingerprint density at radius 1 is 1.00 bits per heavy atom. The lowest BCUT2D eigenvalue weighted by Crippen LogP contribution is -2.31. The van der Waals surface area contributed by atoms with Crippen LogP contribution in [0.1, 0.15) is 0 Å². The first-order valence-corrected chi connectivity index (χ1v) is 6.05. The SMILES string of the molecule is C[n+]1ccc(Oc2cccc3ccccc23)cc1F. The zero-order valence-corrected chi connectivity index (χ0v) is 10.5. The highest BCUT2D eigenvalue weighted by Crippen LogP contribution is 2.29. The van der Waals surface area contributed by atoms with Crippen LogP contribution in [0, 0.1) is 5.95 Å². The summed E-state index contributed by atoms with van der Waals surface area (Å²) in [6.45, 7) is 0. The summed E-state index contributed by atoms with van der Waals surface area (Å²) in [5, 5.41) is 2.11. The number of halogens is 1. The molecule has 0 saturated heterocycles. The molecule has 3 rings (SSSR count). The molecular weight excluding hydrogens is 241 g/mol. The Morgan fingerprint density at radius 3 is 2.63 bits per heavy atom. The number of hydrogen-bond donors (Lipinski definition) is 0. The average molecular weight is 254 g/mol. The quantitative estimate of drug-likeness (QED) is 0.503. The van der Waals surface area contributed by atoms with Gasteiger partial charge in [-0.15, -0.1) is 4.39 Å². The molecule has 0 N–H and O–H groups in total. The molecule has 0 aliphatic rings. The number of fused-ring (bicyclic) bond motifs is 1. The molecule has 0 radical (unpaired) electrons. The number of rotatable bonds is 2. The van der Waals surface area contributed by atoms with Crippen molar-refractivity contribution in [1.29, 1.82) is 0 Å². The smallest absolute Gasteiger partial charge is 0.363 e. The van der Waals surface area contributed by atoms with E-state index < -0.39 is 0 Å². The predicted molar refractivity (Wildman–Crippen MR) is 71.6 cm³/mol.